The van der Waals surface area contributed by atoms with Crippen molar-refractivity contribution in [2.75, 3.05) is 10.6 Å². The van der Waals surface area contributed by atoms with E-state index in [4.69, 9.17) is 0 Å². The number of para-hydroxylation sites is 1. The van der Waals surface area contributed by atoms with Crippen LogP contribution in [0.4, 0.5) is 11.4 Å². The standard InChI is InChI=1S/C18H22N2O/c1-12(2)19-17-8-6-5-7-15(17)18(21)20-16-10-9-13(3)11-14(16)4/h5-12,19H,1-4H3,(H,20,21). The van der Waals surface area contributed by atoms with E-state index < -0.39 is 0 Å². The molecule has 0 radical (unpaired) electrons. The predicted molar refractivity (Wildman–Crippen MR) is 89.1 cm³/mol. The van der Waals surface area contributed by atoms with Gasteiger partial charge in [-0.1, -0.05) is 29.8 Å². The second-order valence-electron chi connectivity index (χ2n) is 5.62. The van der Waals surface area contributed by atoms with E-state index in [0.29, 0.717) is 5.56 Å². The number of amides is 1. The molecule has 0 heterocycles. The number of carbonyl (C=O) groups excluding carboxylic acids is 1. The first kappa shape index (κ1) is 15.1. The van der Waals surface area contributed by atoms with Crippen LogP contribution in [0.5, 0.6) is 0 Å². The van der Waals surface area contributed by atoms with Gasteiger partial charge in [0.1, 0.15) is 0 Å². The molecule has 3 nitrogen and oxygen atoms in total. The van der Waals surface area contributed by atoms with E-state index in [1.54, 1.807) is 0 Å². The van der Waals surface area contributed by atoms with Gasteiger partial charge in [-0.05, 0) is 51.5 Å². The highest BCUT2D eigenvalue weighted by Gasteiger charge is 2.12. The molecule has 0 fully saturated rings. The number of aryl methyl sites for hydroxylation is 2. The van der Waals surface area contributed by atoms with Crippen molar-refractivity contribution < 1.29 is 4.79 Å². The van der Waals surface area contributed by atoms with Crippen LogP contribution in [0.1, 0.15) is 35.3 Å². The van der Waals surface area contributed by atoms with Crippen molar-refractivity contribution in [1.82, 2.24) is 0 Å². The van der Waals surface area contributed by atoms with Gasteiger partial charge in [-0.2, -0.15) is 0 Å². The number of hydrogen-bond donors (Lipinski definition) is 2. The van der Waals surface area contributed by atoms with Gasteiger partial charge in [0.25, 0.3) is 5.91 Å². The Morgan fingerprint density at radius 2 is 1.71 bits per heavy atom. The van der Waals surface area contributed by atoms with Crippen molar-refractivity contribution in [2.24, 2.45) is 0 Å². The lowest BCUT2D eigenvalue weighted by molar-refractivity contribution is 0.102. The third-order valence-electron chi connectivity index (χ3n) is 3.25. The highest BCUT2D eigenvalue weighted by atomic mass is 16.1. The second-order valence-corrected chi connectivity index (χ2v) is 5.62. The first-order chi connectivity index (χ1) is 9.97. The van der Waals surface area contributed by atoms with Gasteiger partial charge in [0.15, 0.2) is 0 Å². The zero-order chi connectivity index (χ0) is 15.4. The molecule has 0 aromatic heterocycles. The average molecular weight is 282 g/mol. The summed E-state index contributed by atoms with van der Waals surface area (Å²) in [5, 5.41) is 6.29. The van der Waals surface area contributed by atoms with E-state index in [1.807, 2.05) is 50.2 Å². The van der Waals surface area contributed by atoms with E-state index >= 15 is 0 Å². The van der Waals surface area contributed by atoms with Gasteiger partial charge in [0.05, 0.1) is 5.56 Å². The first-order valence-corrected chi connectivity index (χ1v) is 7.21. The molecule has 2 aromatic rings. The lowest BCUT2D eigenvalue weighted by Crippen LogP contribution is -2.18. The van der Waals surface area contributed by atoms with Crippen molar-refractivity contribution in [1.29, 1.82) is 0 Å². The molecular formula is C18H22N2O. The van der Waals surface area contributed by atoms with Gasteiger partial charge in [0, 0.05) is 17.4 Å². The number of anilines is 2. The Balaban J connectivity index is 2.24. The maximum absolute atomic E-state index is 12.5. The van der Waals surface area contributed by atoms with Crippen molar-refractivity contribution in [3.05, 3.63) is 59.2 Å². The maximum atomic E-state index is 12.5. The number of benzene rings is 2. The molecule has 0 saturated heterocycles. The van der Waals surface area contributed by atoms with Crippen LogP contribution in [0, 0.1) is 13.8 Å². The van der Waals surface area contributed by atoms with Gasteiger partial charge < -0.3 is 10.6 Å². The molecule has 0 unspecified atom stereocenters. The third-order valence-corrected chi connectivity index (χ3v) is 3.25. The monoisotopic (exact) mass is 282 g/mol. The van der Waals surface area contributed by atoms with Crippen LogP contribution in [-0.4, -0.2) is 11.9 Å². The van der Waals surface area contributed by atoms with E-state index in [-0.39, 0.29) is 11.9 Å². The summed E-state index contributed by atoms with van der Waals surface area (Å²) in [5.74, 6) is -0.0919. The number of nitrogens with one attached hydrogen (secondary N) is 2. The average Bonchev–Trinajstić information content (AvgIpc) is 2.42. The fourth-order valence-electron chi connectivity index (χ4n) is 2.26. The summed E-state index contributed by atoms with van der Waals surface area (Å²) in [4.78, 5) is 12.5. The van der Waals surface area contributed by atoms with Crippen LogP contribution >= 0.6 is 0 Å². The molecule has 110 valence electrons. The summed E-state index contributed by atoms with van der Waals surface area (Å²) in [6, 6.07) is 13.9. The zero-order valence-electron chi connectivity index (χ0n) is 13.0. The maximum Gasteiger partial charge on any atom is 0.257 e. The summed E-state index contributed by atoms with van der Waals surface area (Å²) >= 11 is 0. The molecule has 0 aliphatic heterocycles. The normalized spacial score (nSPS) is 10.5. The number of carbonyl (C=O) groups is 1. The quantitative estimate of drug-likeness (QED) is 0.874. The van der Waals surface area contributed by atoms with Crippen LogP contribution in [0.3, 0.4) is 0 Å². The highest BCUT2D eigenvalue weighted by Crippen LogP contribution is 2.20. The Labute approximate surface area is 126 Å². The van der Waals surface area contributed by atoms with Crippen molar-refractivity contribution in [2.45, 2.75) is 33.7 Å². The molecule has 0 bridgehead atoms. The number of hydrogen-bond acceptors (Lipinski definition) is 2. The Bertz CT molecular complexity index is 647. The summed E-state index contributed by atoms with van der Waals surface area (Å²) in [6.45, 7) is 8.15. The lowest BCUT2D eigenvalue weighted by atomic mass is 10.1. The molecule has 0 spiro atoms. The molecule has 0 aliphatic carbocycles. The van der Waals surface area contributed by atoms with Crippen LogP contribution in [0.2, 0.25) is 0 Å². The lowest BCUT2D eigenvalue weighted by Gasteiger charge is -2.15. The van der Waals surface area contributed by atoms with Gasteiger partial charge in [-0.15, -0.1) is 0 Å². The summed E-state index contributed by atoms with van der Waals surface area (Å²) in [7, 11) is 0. The molecule has 3 heteroatoms. The van der Waals surface area contributed by atoms with Crippen molar-refractivity contribution in [3.8, 4) is 0 Å². The predicted octanol–water partition coefficient (Wildman–Crippen LogP) is 4.38. The molecule has 2 rings (SSSR count). The molecule has 0 aliphatic rings. The molecule has 0 atom stereocenters. The van der Waals surface area contributed by atoms with Crippen LogP contribution < -0.4 is 10.6 Å². The van der Waals surface area contributed by atoms with Gasteiger partial charge in [-0.3, -0.25) is 4.79 Å². The molecule has 1 amide bonds. The zero-order valence-corrected chi connectivity index (χ0v) is 13.0. The third kappa shape index (κ3) is 3.85. The van der Waals surface area contributed by atoms with E-state index in [9.17, 15) is 4.79 Å². The summed E-state index contributed by atoms with van der Waals surface area (Å²) < 4.78 is 0. The molecule has 21 heavy (non-hydrogen) atoms. The van der Waals surface area contributed by atoms with Gasteiger partial charge >= 0.3 is 0 Å². The highest BCUT2D eigenvalue weighted by molar-refractivity contribution is 6.08. The van der Waals surface area contributed by atoms with E-state index in [0.717, 1.165) is 16.9 Å². The van der Waals surface area contributed by atoms with E-state index in [1.165, 1.54) is 5.56 Å². The van der Waals surface area contributed by atoms with E-state index in [2.05, 4.69) is 30.5 Å². The smallest absolute Gasteiger partial charge is 0.257 e. The second kappa shape index (κ2) is 6.44. The first-order valence-electron chi connectivity index (χ1n) is 7.21. The van der Waals surface area contributed by atoms with Crippen molar-refractivity contribution >= 4 is 17.3 Å². The Hall–Kier alpha value is -2.29. The Morgan fingerprint density at radius 3 is 2.38 bits per heavy atom. The minimum atomic E-state index is -0.0919. The van der Waals surface area contributed by atoms with Gasteiger partial charge in [-0.25, -0.2) is 0 Å². The Kier molecular flexibility index (Phi) is 4.63. The summed E-state index contributed by atoms with van der Waals surface area (Å²) in [5.41, 5.74) is 4.62. The largest absolute Gasteiger partial charge is 0.382 e. The minimum absolute atomic E-state index is 0.0919. The fraction of sp³-hybridized carbons (Fsp3) is 0.278. The van der Waals surface area contributed by atoms with Crippen LogP contribution in [-0.2, 0) is 0 Å². The summed E-state index contributed by atoms with van der Waals surface area (Å²) in [6.07, 6.45) is 0. The van der Waals surface area contributed by atoms with Crippen molar-refractivity contribution in [3.63, 3.8) is 0 Å². The molecule has 2 N–H and O–H groups in total. The van der Waals surface area contributed by atoms with Gasteiger partial charge in [0.2, 0.25) is 0 Å². The number of rotatable bonds is 4. The molecule has 2 aromatic carbocycles. The molecular weight excluding hydrogens is 260 g/mol. The van der Waals surface area contributed by atoms with Crippen LogP contribution in [0.25, 0.3) is 0 Å². The minimum Gasteiger partial charge on any atom is -0.382 e. The van der Waals surface area contributed by atoms with Crippen LogP contribution in [0.15, 0.2) is 42.5 Å². The fourth-order valence-corrected chi connectivity index (χ4v) is 2.26. The topological polar surface area (TPSA) is 41.1 Å². The Morgan fingerprint density at radius 1 is 1.00 bits per heavy atom. The SMILES string of the molecule is Cc1ccc(NC(=O)c2ccccc2NC(C)C)c(C)c1. The molecule has 0 saturated carbocycles.